The van der Waals surface area contributed by atoms with E-state index in [2.05, 4.69) is 22.2 Å². The van der Waals surface area contributed by atoms with Crippen LogP contribution in [0.25, 0.3) is 0 Å². The van der Waals surface area contributed by atoms with Gasteiger partial charge in [-0.3, -0.25) is 4.90 Å². The molecule has 2 rings (SSSR count). The Morgan fingerprint density at radius 1 is 1.67 bits per heavy atom. The number of thiazole rings is 1. The summed E-state index contributed by atoms with van der Waals surface area (Å²) in [6.45, 7) is 5.71. The number of hydrogen-bond donors (Lipinski definition) is 1. The lowest BCUT2D eigenvalue weighted by Crippen LogP contribution is -2.20. The third-order valence-corrected chi connectivity index (χ3v) is 3.74. The summed E-state index contributed by atoms with van der Waals surface area (Å²) in [6.07, 6.45) is 4.03. The van der Waals surface area contributed by atoms with E-state index in [-0.39, 0.29) is 0 Å². The first-order valence-corrected chi connectivity index (χ1v) is 6.58. The maximum absolute atomic E-state index is 5.62. The highest BCUT2D eigenvalue weighted by Crippen LogP contribution is 2.23. The molecule has 1 saturated heterocycles. The molecule has 1 aromatic heterocycles. The summed E-state index contributed by atoms with van der Waals surface area (Å²) >= 11 is 1.54. The van der Waals surface area contributed by atoms with E-state index in [1.165, 1.54) is 43.7 Å². The molecule has 1 aliphatic rings. The average molecular weight is 225 g/mol. The van der Waals surface area contributed by atoms with Gasteiger partial charge < -0.3 is 5.73 Å². The van der Waals surface area contributed by atoms with E-state index in [4.69, 9.17) is 5.73 Å². The van der Waals surface area contributed by atoms with E-state index >= 15 is 0 Å². The van der Waals surface area contributed by atoms with Gasteiger partial charge in [-0.25, -0.2) is 4.98 Å². The molecule has 0 radical (unpaired) electrons. The second-order valence-corrected chi connectivity index (χ2v) is 5.25. The van der Waals surface area contributed by atoms with Crippen LogP contribution in [0.4, 0.5) is 5.13 Å². The number of hydrogen-bond acceptors (Lipinski definition) is 4. The van der Waals surface area contributed by atoms with Crippen LogP contribution in [0, 0.1) is 5.92 Å². The van der Waals surface area contributed by atoms with E-state index in [0.29, 0.717) is 5.13 Å². The fourth-order valence-corrected chi connectivity index (χ4v) is 2.88. The molecular weight excluding hydrogens is 206 g/mol. The first-order valence-electron chi connectivity index (χ1n) is 5.70. The van der Waals surface area contributed by atoms with Crippen molar-refractivity contribution in [1.29, 1.82) is 0 Å². The number of nitrogens with two attached hydrogens (primary N) is 1. The van der Waals surface area contributed by atoms with Crippen LogP contribution in [0.2, 0.25) is 0 Å². The number of nitrogens with zero attached hydrogens (tertiary/aromatic N) is 2. The summed E-state index contributed by atoms with van der Waals surface area (Å²) in [5, 5.41) is 2.76. The standard InChI is InChI=1S/C11H19N3S/c1-2-3-9-4-5-14(6-9)7-10-8-15-11(12)13-10/h8-9H,2-7H2,1H3,(H2,12,13). The predicted molar refractivity (Wildman–Crippen MR) is 64.8 cm³/mol. The Hall–Kier alpha value is -0.610. The highest BCUT2D eigenvalue weighted by molar-refractivity contribution is 7.13. The molecule has 0 amide bonds. The van der Waals surface area contributed by atoms with Gasteiger partial charge in [-0.15, -0.1) is 11.3 Å². The van der Waals surface area contributed by atoms with Gasteiger partial charge in [0, 0.05) is 18.5 Å². The van der Waals surface area contributed by atoms with Crippen molar-refractivity contribution in [3.63, 3.8) is 0 Å². The molecule has 3 nitrogen and oxygen atoms in total. The zero-order valence-electron chi connectivity index (χ0n) is 9.28. The normalized spacial score (nSPS) is 22.3. The number of rotatable bonds is 4. The largest absolute Gasteiger partial charge is 0.375 e. The van der Waals surface area contributed by atoms with Gasteiger partial charge in [0.2, 0.25) is 0 Å². The van der Waals surface area contributed by atoms with Crippen LogP contribution in [0.1, 0.15) is 31.9 Å². The van der Waals surface area contributed by atoms with E-state index in [0.717, 1.165) is 18.2 Å². The SMILES string of the molecule is CCCC1CCN(Cc2csc(N)n2)C1. The molecule has 0 bridgehead atoms. The topological polar surface area (TPSA) is 42.1 Å². The Morgan fingerprint density at radius 3 is 3.20 bits per heavy atom. The molecule has 2 N–H and O–H groups in total. The first kappa shape index (κ1) is 10.9. The zero-order valence-corrected chi connectivity index (χ0v) is 10.1. The van der Waals surface area contributed by atoms with Gasteiger partial charge in [-0.1, -0.05) is 13.3 Å². The quantitative estimate of drug-likeness (QED) is 0.855. The number of aromatic nitrogens is 1. The van der Waals surface area contributed by atoms with E-state index in [1.54, 1.807) is 0 Å². The summed E-state index contributed by atoms with van der Waals surface area (Å²) in [4.78, 5) is 6.79. The Morgan fingerprint density at radius 2 is 2.53 bits per heavy atom. The monoisotopic (exact) mass is 225 g/mol. The molecule has 0 saturated carbocycles. The molecule has 4 heteroatoms. The highest BCUT2D eigenvalue weighted by atomic mass is 32.1. The maximum Gasteiger partial charge on any atom is 0.180 e. The smallest absolute Gasteiger partial charge is 0.180 e. The van der Waals surface area contributed by atoms with Crippen LogP contribution in [0.15, 0.2) is 5.38 Å². The Labute approximate surface area is 95.3 Å². The molecule has 1 aromatic rings. The summed E-state index contributed by atoms with van der Waals surface area (Å²) in [5.74, 6) is 0.908. The molecule has 1 atom stereocenters. The molecule has 0 aliphatic carbocycles. The van der Waals surface area contributed by atoms with Crippen molar-refractivity contribution in [3.8, 4) is 0 Å². The summed E-state index contributed by atoms with van der Waals surface area (Å²) < 4.78 is 0. The summed E-state index contributed by atoms with van der Waals surface area (Å²) in [6, 6.07) is 0. The Balaban J connectivity index is 1.82. The van der Waals surface area contributed by atoms with Crippen molar-refractivity contribution in [2.75, 3.05) is 18.8 Å². The van der Waals surface area contributed by atoms with Crippen molar-refractivity contribution in [2.45, 2.75) is 32.7 Å². The lowest BCUT2D eigenvalue weighted by Gasteiger charge is -2.13. The minimum absolute atomic E-state index is 0.689. The molecule has 84 valence electrons. The summed E-state index contributed by atoms with van der Waals surface area (Å²) in [7, 11) is 0. The highest BCUT2D eigenvalue weighted by Gasteiger charge is 2.21. The van der Waals surface area contributed by atoms with Crippen LogP contribution in [-0.4, -0.2) is 23.0 Å². The van der Waals surface area contributed by atoms with Gasteiger partial charge in [0.05, 0.1) is 5.69 Å². The second-order valence-electron chi connectivity index (χ2n) is 4.36. The van der Waals surface area contributed by atoms with Gasteiger partial charge in [0.1, 0.15) is 0 Å². The van der Waals surface area contributed by atoms with Crippen molar-refractivity contribution >= 4 is 16.5 Å². The minimum atomic E-state index is 0.689. The van der Waals surface area contributed by atoms with Gasteiger partial charge >= 0.3 is 0 Å². The molecule has 2 heterocycles. The fraction of sp³-hybridized carbons (Fsp3) is 0.727. The van der Waals surface area contributed by atoms with E-state index in [1.807, 2.05) is 0 Å². The number of nitrogen functional groups attached to an aromatic ring is 1. The lowest BCUT2D eigenvalue weighted by atomic mass is 10.0. The van der Waals surface area contributed by atoms with Gasteiger partial charge in [-0.05, 0) is 25.3 Å². The average Bonchev–Trinajstić information content (AvgIpc) is 2.78. The van der Waals surface area contributed by atoms with Gasteiger partial charge in [0.25, 0.3) is 0 Å². The minimum Gasteiger partial charge on any atom is -0.375 e. The van der Waals surface area contributed by atoms with Crippen molar-refractivity contribution in [3.05, 3.63) is 11.1 Å². The van der Waals surface area contributed by atoms with Crippen LogP contribution in [0.5, 0.6) is 0 Å². The third kappa shape index (κ3) is 2.92. The van der Waals surface area contributed by atoms with Crippen LogP contribution in [-0.2, 0) is 6.54 Å². The van der Waals surface area contributed by atoms with E-state index in [9.17, 15) is 0 Å². The molecule has 1 unspecified atom stereocenters. The second kappa shape index (κ2) is 4.94. The lowest BCUT2D eigenvalue weighted by molar-refractivity contribution is 0.310. The molecule has 1 fully saturated rings. The van der Waals surface area contributed by atoms with Gasteiger partial charge in [-0.2, -0.15) is 0 Å². The molecule has 0 spiro atoms. The molecular formula is C11H19N3S. The third-order valence-electron chi connectivity index (χ3n) is 3.02. The molecule has 1 aliphatic heterocycles. The van der Waals surface area contributed by atoms with Crippen LogP contribution < -0.4 is 5.73 Å². The number of anilines is 1. The van der Waals surface area contributed by atoms with Crippen LogP contribution >= 0.6 is 11.3 Å². The van der Waals surface area contributed by atoms with E-state index < -0.39 is 0 Å². The van der Waals surface area contributed by atoms with Gasteiger partial charge in [0.15, 0.2) is 5.13 Å². The summed E-state index contributed by atoms with van der Waals surface area (Å²) in [5.41, 5.74) is 6.75. The van der Waals surface area contributed by atoms with Crippen molar-refractivity contribution in [2.24, 2.45) is 5.92 Å². The molecule has 0 aromatic carbocycles. The predicted octanol–water partition coefficient (Wildman–Crippen LogP) is 2.35. The fourth-order valence-electron chi connectivity index (χ4n) is 2.32. The Bertz CT molecular complexity index is 311. The van der Waals surface area contributed by atoms with Crippen LogP contribution in [0.3, 0.4) is 0 Å². The van der Waals surface area contributed by atoms with Crippen molar-refractivity contribution < 1.29 is 0 Å². The van der Waals surface area contributed by atoms with Crippen molar-refractivity contribution in [1.82, 2.24) is 9.88 Å². The first-order chi connectivity index (χ1) is 7.28. The maximum atomic E-state index is 5.62. The zero-order chi connectivity index (χ0) is 10.7. The Kier molecular flexibility index (Phi) is 3.59. The number of likely N-dealkylation sites (tertiary alicyclic amines) is 1. The molecule has 15 heavy (non-hydrogen) atoms.